The minimum absolute atomic E-state index is 0. The number of hydrogen-bond donors (Lipinski definition) is 0. The van der Waals surface area contributed by atoms with Gasteiger partial charge in [-0.2, -0.15) is 14.3 Å². The number of allylic oxidation sites excluding steroid dienone is 4. The molecule has 0 N–H and O–H groups in total. The van der Waals surface area contributed by atoms with Gasteiger partial charge in [0, 0.05) is 0 Å². The van der Waals surface area contributed by atoms with E-state index in [1.165, 1.54) is 29.9 Å². The van der Waals surface area contributed by atoms with Crippen LogP contribution in [0.2, 0.25) is 0 Å². The fraction of sp³-hybridized carbons (Fsp3) is 0.0476. The average molecular weight is 464 g/mol. The molecule has 0 unspecified atom stereocenters. The molecule has 4 heteroatoms. The van der Waals surface area contributed by atoms with Gasteiger partial charge in [0.2, 0.25) is 0 Å². The van der Waals surface area contributed by atoms with Crippen molar-refractivity contribution in [3.05, 3.63) is 97.1 Å². The summed E-state index contributed by atoms with van der Waals surface area (Å²) in [6.45, 7) is 0. The first-order valence-corrected chi connectivity index (χ1v) is 8.29. The van der Waals surface area contributed by atoms with Crippen LogP contribution in [0.4, 0.5) is 0 Å². The van der Waals surface area contributed by atoms with Crippen molar-refractivity contribution in [1.82, 2.24) is 0 Å². The van der Waals surface area contributed by atoms with Crippen LogP contribution >= 0.6 is 33.0 Å². The Hall–Kier alpha value is -0.837. The van der Waals surface area contributed by atoms with Gasteiger partial charge in [-0.1, -0.05) is 64.7 Å². The first-order chi connectivity index (χ1) is 10.9. The molecule has 0 bridgehead atoms. The first-order valence-electron chi connectivity index (χ1n) is 7.40. The molecule has 1 aliphatic carbocycles. The van der Waals surface area contributed by atoms with Gasteiger partial charge in [0.05, 0.1) is 0 Å². The standard InChI is InChI=1S/C16H12P.C5H5.2ClH.Zr/c1-3-7-13(8-4-1)15-11-12-16(17-15)14-9-5-2-6-10-14;1-2-4-5-3-1;;;/h1-12H;1-3H,4H2;2*1H;/q2*-1;;;+2. The van der Waals surface area contributed by atoms with Crippen LogP contribution in [-0.4, -0.2) is 0 Å². The van der Waals surface area contributed by atoms with Crippen LogP contribution in [-0.2, 0) is 26.2 Å². The zero-order chi connectivity index (χ0) is 15.0. The Balaban J connectivity index is 0.000000630. The fourth-order valence-electron chi connectivity index (χ4n) is 2.24. The molecule has 25 heavy (non-hydrogen) atoms. The molecule has 4 rings (SSSR count). The van der Waals surface area contributed by atoms with E-state index in [1.807, 2.05) is 12.2 Å². The minimum atomic E-state index is 0. The third kappa shape index (κ3) is 7.51. The Bertz CT molecular complexity index is 701. The summed E-state index contributed by atoms with van der Waals surface area (Å²) in [5.74, 6) is 0. The predicted molar refractivity (Wildman–Crippen MR) is 111 cm³/mol. The maximum atomic E-state index is 2.99. The van der Waals surface area contributed by atoms with E-state index in [4.69, 9.17) is 0 Å². The number of benzene rings is 2. The van der Waals surface area contributed by atoms with Crippen LogP contribution in [0.3, 0.4) is 0 Å². The summed E-state index contributed by atoms with van der Waals surface area (Å²) in [7, 11) is 1.30. The normalized spacial score (nSPS) is 10.9. The van der Waals surface area contributed by atoms with E-state index in [-0.39, 0.29) is 51.0 Å². The van der Waals surface area contributed by atoms with E-state index in [9.17, 15) is 0 Å². The van der Waals surface area contributed by atoms with Crippen LogP contribution in [0.5, 0.6) is 0 Å². The van der Waals surface area contributed by atoms with Crippen LogP contribution in [0.25, 0.3) is 21.7 Å². The Morgan fingerprint density at radius 3 is 2.00 bits per heavy atom. The van der Waals surface area contributed by atoms with E-state index in [0.717, 1.165) is 6.42 Å². The molecule has 0 fully saturated rings. The summed E-state index contributed by atoms with van der Waals surface area (Å²) >= 11 is 0. The maximum Gasteiger partial charge on any atom is 2.00 e. The Labute approximate surface area is 183 Å². The topological polar surface area (TPSA) is 0 Å². The molecular weight excluding hydrogens is 445 g/mol. The van der Waals surface area contributed by atoms with Crippen molar-refractivity contribution >= 4 is 33.0 Å². The van der Waals surface area contributed by atoms with Crippen molar-refractivity contribution in [2.24, 2.45) is 0 Å². The third-order valence-electron chi connectivity index (χ3n) is 3.36. The van der Waals surface area contributed by atoms with Gasteiger partial charge < -0.3 is 0 Å². The van der Waals surface area contributed by atoms with Crippen molar-refractivity contribution in [2.45, 2.75) is 6.42 Å². The van der Waals surface area contributed by atoms with Crippen LogP contribution < -0.4 is 0 Å². The molecule has 126 valence electrons. The van der Waals surface area contributed by atoms with E-state index >= 15 is 0 Å². The van der Waals surface area contributed by atoms with Crippen molar-refractivity contribution in [3.63, 3.8) is 0 Å². The van der Waals surface area contributed by atoms with Crippen molar-refractivity contribution in [3.8, 4) is 21.7 Å². The quantitative estimate of drug-likeness (QED) is 0.345. The minimum Gasteiger partial charge on any atom is -0.273 e. The van der Waals surface area contributed by atoms with Crippen LogP contribution in [0, 0.1) is 6.08 Å². The molecule has 0 aliphatic heterocycles. The molecule has 0 radical (unpaired) electrons. The zero-order valence-electron chi connectivity index (χ0n) is 13.6. The molecule has 0 saturated heterocycles. The Kier molecular flexibility index (Phi) is 12.9. The van der Waals surface area contributed by atoms with Gasteiger partial charge in [0.15, 0.2) is 0 Å². The second kappa shape index (κ2) is 13.4. The Morgan fingerprint density at radius 2 is 1.48 bits per heavy atom. The molecule has 2 aromatic carbocycles. The first kappa shape index (κ1) is 24.2. The average Bonchev–Trinajstić information content (AvgIpc) is 3.31. The van der Waals surface area contributed by atoms with Crippen LogP contribution in [0.1, 0.15) is 6.42 Å². The summed E-state index contributed by atoms with van der Waals surface area (Å²) < 4.78 is 0. The molecule has 1 heterocycles. The van der Waals surface area contributed by atoms with Crippen molar-refractivity contribution in [1.29, 1.82) is 0 Å². The third-order valence-corrected chi connectivity index (χ3v) is 4.66. The van der Waals surface area contributed by atoms with Gasteiger partial charge in [-0.25, -0.2) is 12.2 Å². The SMILES string of the molecule is Cl.Cl.[C-]1=CC=CC1.[Zr+2].c1ccc(-c2cc[c-](-c3ccccc3)p2)cc1. The largest absolute Gasteiger partial charge is 2.00 e. The second-order valence-corrected chi connectivity index (χ2v) is 6.14. The number of rotatable bonds is 2. The van der Waals surface area contributed by atoms with Gasteiger partial charge in [-0.3, -0.25) is 6.08 Å². The maximum absolute atomic E-state index is 2.99. The summed E-state index contributed by atoms with van der Waals surface area (Å²) in [6.07, 6.45) is 10.0. The molecule has 1 aliphatic rings. The molecule has 0 atom stereocenters. The molecule has 1 aromatic heterocycles. The number of hydrogen-bond acceptors (Lipinski definition) is 0. The monoisotopic (exact) mass is 462 g/mol. The van der Waals surface area contributed by atoms with E-state index in [2.05, 4.69) is 84.9 Å². The second-order valence-electron chi connectivity index (χ2n) is 4.95. The Morgan fingerprint density at radius 1 is 0.840 bits per heavy atom. The summed E-state index contributed by atoms with van der Waals surface area (Å²) in [5.41, 5.74) is 2.63. The van der Waals surface area contributed by atoms with E-state index < -0.39 is 0 Å². The molecular formula is C21H19Cl2PZr. The van der Waals surface area contributed by atoms with Crippen molar-refractivity contribution in [2.75, 3.05) is 0 Å². The number of halogens is 2. The van der Waals surface area contributed by atoms with Crippen molar-refractivity contribution < 1.29 is 26.2 Å². The van der Waals surface area contributed by atoms with Gasteiger partial charge >= 0.3 is 26.2 Å². The summed E-state index contributed by atoms with van der Waals surface area (Å²) in [4.78, 5) is 0. The molecule has 0 nitrogen and oxygen atoms in total. The van der Waals surface area contributed by atoms with Gasteiger partial charge in [0.25, 0.3) is 0 Å². The smallest absolute Gasteiger partial charge is 0.273 e. The molecule has 3 aromatic rings. The summed E-state index contributed by atoms with van der Waals surface area (Å²) in [6, 6.07) is 25.6. The zero-order valence-corrected chi connectivity index (χ0v) is 18.6. The summed E-state index contributed by atoms with van der Waals surface area (Å²) in [5, 5.41) is 2.76. The molecule has 0 spiro atoms. The van der Waals surface area contributed by atoms with Gasteiger partial charge in [0.1, 0.15) is 0 Å². The van der Waals surface area contributed by atoms with E-state index in [1.54, 1.807) is 0 Å². The van der Waals surface area contributed by atoms with Crippen LogP contribution in [0.15, 0.2) is 91.0 Å². The molecule has 0 amide bonds. The van der Waals surface area contributed by atoms with Gasteiger partial charge in [-0.15, -0.1) is 61.1 Å². The predicted octanol–water partition coefficient (Wildman–Crippen LogP) is 7.47. The van der Waals surface area contributed by atoms with E-state index in [0.29, 0.717) is 0 Å². The molecule has 0 saturated carbocycles. The van der Waals surface area contributed by atoms with Gasteiger partial charge in [-0.05, 0) is 0 Å². The fourth-order valence-corrected chi connectivity index (χ4v) is 3.36.